The highest BCUT2D eigenvalue weighted by molar-refractivity contribution is 5.70. The van der Waals surface area contributed by atoms with Crippen molar-refractivity contribution in [3.63, 3.8) is 0 Å². The zero-order chi connectivity index (χ0) is 10.1. The Morgan fingerprint density at radius 2 is 2.07 bits per heavy atom. The van der Waals surface area contributed by atoms with Crippen molar-refractivity contribution in [2.75, 3.05) is 12.8 Å². The van der Waals surface area contributed by atoms with Crippen LogP contribution in [0.2, 0.25) is 0 Å². The van der Waals surface area contributed by atoms with Crippen molar-refractivity contribution < 1.29 is 4.74 Å². The van der Waals surface area contributed by atoms with Gasteiger partial charge in [0.05, 0.1) is 13.3 Å². The number of methoxy groups -OCH3 is 1. The standard InChI is InChI=1S/C8H9N5O/c1-4-7(14-2)12-6-5(11-4)3-10-8(9)13-6/h3H,1-2H3,(H2,9,10,12,13). The van der Waals surface area contributed by atoms with Crippen LogP contribution in [0.3, 0.4) is 0 Å². The summed E-state index contributed by atoms with van der Waals surface area (Å²) in [5, 5.41) is 0. The van der Waals surface area contributed by atoms with Crippen LogP contribution in [0.4, 0.5) is 5.95 Å². The number of ether oxygens (including phenoxy) is 1. The molecule has 0 amide bonds. The zero-order valence-electron chi connectivity index (χ0n) is 7.85. The average molecular weight is 191 g/mol. The molecular weight excluding hydrogens is 182 g/mol. The van der Waals surface area contributed by atoms with Gasteiger partial charge in [-0.25, -0.2) is 9.97 Å². The number of rotatable bonds is 1. The van der Waals surface area contributed by atoms with E-state index in [2.05, 4.69) is 19.9 Å². The van der Waals surface area contributed by atoms with Crippen LogP contribution in [0.5, 0.6) is 5.88 Å². The Labute approximate surface area is 80.2 Å². The first-order valence-electron chi connectivity index (χ1n) is 4.01. The van der Waals surface area contributed by atoms with Crippen LogP contribution in [-0.4, -0.2) is 27.0 Å². The number of aromatic nitrogens is 4. The maximum Gasteiger partial charge on any atom is 0.237 e. The molecule has 72 valence electrons. The van der Waals surface area contributed by atoms with E-state index in [4.69, 9.17) is 10.5 Å². The van der Waals surface area contributed by atoms with Gasteiger partial charge < -0.3 is 10.5 Å². The van der Waals surface area contributed by atoms with Gasteiger partial charge in [0.2, 0.25) is 11.8 Å². The molecule has 2 rings (SSSR count). The summed E-state index contributed by atoms with van der Waals surface area (Å²) in [6.45, 7) is 1.81. The minimum atomic E-state index is 0.178. The van der Waals surface area contributed by atoms with Crippen LogP contribution < -0.4 is 10.5 Å². The molecular formula is C8H9N5O. The lowest BCUT2D eigenvalue weighted by Gasteiger charge is -2.03. The van der Waals surface area contributed by atoms with Gasteiger partial charge in [0.25, 0.3) is 0 Å². The van der Waals surface area contributed by atoms with Crippen LogP contribution in [-0.2, 0) is 0 Å². The van der Waals surface area contributed by atoms with Gasteiger partial charge in [-0.15, -0.1) is 0 Å². The molecule has 0 atom stereocenters. The Morgan fingerprint density at radius 1 is 1.29 bits per heavy atom. The fraction of sp³-hybridized carbons (Fsp3) is 0.250. The number of anilines is 1. The molecule has 0 spiro atoms. The lowest BCUT2D eigenvalue weighted by Crippen LogP contribution is -2.00. The van der Waals surface area contributed by atoms with Gasteiger partial charge in [0.15, 0.2) is 5.65 Å². The Bertz CT molecular complexity index is 484. The first-order chi connectivity index (χ1) is 6.70. The molecule has 0 aliphatic carbocycles. The third-order valence-corrected chi connectivity index (χ3v) is 1.77. The third kappa shape index (κ3) is 1.30. The number of hydrogen-bond donors (Lipinski definition) is 1. The fourth-order valence-corrected chi connectivity index (χ4v) is 1.14. The van der Waals surface area contributed by atoms with Gasteiger partial charge in [-0.2, -0.15) is 9.97 Å². The molecule has 2 aromatic heterocycles. The number of nitrogens with zero attached hydrogens (tertiary/aromatic N) is 4. The van der Waals surface area contributed by atoms with Crippen LogP contribution in [0, 0.1) is 6.92 Å². The highest BCUT2D eigenvalue weighted by atomic mass is 16.5. The molecule has 0 saturated heterocycles. The average Bonchev–Trinajstić information content (AvgIpc) is 2.17. The predicted molar refractivity (Wildman–Crippen MR) is 50.8 cm³/mol. The summed E-state index contributed by atoms with van der Waals surface area (Å²) in [5.41, 5.74) is 7.18. The molecule has 6 heteroatoms. The zero-order valence-corrected chi connectivity index (χ0v) is 7.85. The number of fused-ring (bicyclic) bond motifs is 1. The highest BCUT2D eigenvalue weighted by Gasteiger charge is 2.06. The summed E-state index contributed by atoms with van der Waals surface area (Å²) in [6.07, 6.45) is 1.54. The van der Waals surface area contributed by atoms with E-state index in [-0.39, 0.29) is 5.95 Å². The molecule has 14 heavy (non-hydrogen) atoms. The first-order valence-corrected chi connectivity index (χ1v) is 4.01. The van der Waals surface area contributed by atoms with E-state index < -0.39 is 0 Å². The summed E-state index contributed by atoms with van der Waals surface area (Å²) >= 11 is 0. The second kappa shape index (κ2) is 3.06. The normalized spacial score (nSPS) is 10.4. The predicted octanol–water partition coefficient (Wildman–Crippen LogP) is 0.319. The molecule has 2 heterocycles. The van der Waals surface area contributed by atoms with E-state index >= 15 is 0 Å². The maximum absolute atomic E-state index is 5.42. The monoisotopic (exact) mass is 191 g/mol. The smallest absolute Gasteiger partial charge is 0.237 e. The summed E-state index contributed by atoms with van der Waals surface area (Å²) in [6, 6.07) is 0. The fourth-order valence-electron chi connectivity index (χ4n) is 1.14. The second-order valence-electron chi connectivity index (χ2n) is 2.76. The van der Waals surface area contributed by atoms with E-state index in [1.807, 2.05) is 6.92 Å². The van der Waals surface area contributed by atoms with Crippen LogP contribution in [0.25, 0.3) is 11.2 Å². The summed E-state index contributed by atoms with van der Waals surface area (Å²) < 4.78 is 5.02. The maximum atomic E-state index is 5.42. The highest BCUT2D eigenvalue weighted by Crippen LogP contribution is 2.15. The number of hydrogen-bond acceptors (Lipinski definition) is 6. The van der Waals surface area contributed by atoms with E-state index in [9.17, 15) is 0 Å². The molecule has 0 radical (unpaired) electrons. The van der Waals surface area contributed by atoms with Crippen molar-refractivity contribution in [3.05, 3.63) is 11.9 Å². The summed E-state index contributed by atoms with van der Waals surface area (Å²) in [7, 11) is 1.54. The van der Waals surface area contributed by atoms with E-state index in [0.29, 0.717) is 22.7 Å². The van der Waals surface area contributed by atoms with Crippen LogP contribution in [0.15, 0.2) is 6.20 Å². The van der Waals surface area contributed by atoms with Gasteiger partial charge >= 0.3 is 0 Å². The number of aryl methyl sites for hydroxylation is 1. The molecule has 0 fully saturated rings. The quantitative estimate of drug-likeness (QED) is 0.698. The number of nitrogen functional groups attached to an aromatic ring is 1. The van der Waals surface area contributed by atoms with Gasteiger partial charge in [-0.1, -0.05) is 0 Å². The molecule has 0 aromatic carbocycles. The van der Waals surface area contributed by atoms with Gasteiger partial charge in [0.1, 0.15) is 11.2 Å². The van der Waals surface area contributed by atoms with Crippen molar-refractivity contribution in [1.29, 1.82) is 0 Å². The molecule has 0 bridgehead atoms. The van der Waals surface area contributed by atoms with Crippen LogP contribution in [0.1, 0.15) is 5.69 Å². The Kier molecular flexibility index (Phi) is 1.88. The SMILES string of the molecule is COc1nc2nc(N)ncc2nc1C. The second-order valence-corrected chi connectivity index (χ2v) is 2.76. The summed E-state index contributed by atoms with van der Waals surface area (Å²) in [4.78, 5) is 16.1. The molecule has 0 unspecified atom stereocenters. The third-order valence-electron chi connectivity index (χ3n) is 1.77. The van der Waals surface area contributed by atoms with E-state index in [0.717, 1.165) is 0 Å². The molecule has 0 aliphatic rings. The van der Waals surface area contributed by atoms with Gasteiger partial charge in [0, 0.05) is 0 Å². The Balaban J connectivity index is 2.73. The van der Waals surface area contributed by atoms with E-state index in [1.54, 1.807) is 0 Å². The van der Waals surface area contributed by atoms with Crippen LogP contribution >= 0.6 is 0 Å². The minimum absolute atomic E-state index is 0.178. The lowest BCUT2D eigenvalue weighted by atomic mass is 10.4. The van der Waals surface area contributed by atoms with Crippen molar-refractivity contribution in [2.24, 2.45) is 0 Å². The topological polar surface area (TPSA) is 86.8 Å². The van der Waals surface area contributed by atoms with Crippen molar-refractivity contribution in [2.45, 2.75) is 6.92 Å². The lowest BCUT2D eigenvalue weighted by molar-refractivity contribution is 0.393. The van der Waals surface area contributed by atoms with Gasteiger partial charge in [-0.05, 0) is 6.92 Å². The largest absolute Gasteiger partial charge is 0.480 e. The summed E-state index contributed by atoms with van der Waals surface area (Å²) in [5.74, 6) is 0.633. The Morgan fingerprint density at radius 3 is 2.79 bits per heavy atom. The van der Waals surface area contributed by atoms with Gasteiger partial charge in [-0.3, -0.25) is 0 Å². The minimum Gasteiger partial charge on any atom is -0.480 e. The first kappa shape index (κ1) is 8.61. The van der Waals surface area contributed by atoms with Crippen molar-refractivity contribution in [1.82, 2.24) is 19.9 Å². The molecule has 0 aliphatic heterocycles. The molecule has 2 N–H and O–H groups in total. The Hall–Kier alpha value is -1.98. The molecule has 0 saturated carbocycles. The van der Waals surface area contributed by atoms with Crippen molar-refractivity contribution >= 4 is 17.1 Å². The van der Waals surface area contributed by atoms with Crippen molar-refractivity contribution in [3.8, 4) is 5.88 Å². The number of nitrogens with two attached hydrogens (primary N) is 1. The molecule has 2 aromatic rings. The molecule has 6 nitrogen and oxygen atoms in total. The van der Waals surface area contributed by atoms with E-state index in [1.165, 1.54) is 13.3 Å².